The van der Waals surface area contributed by atoms with E-state index < -0.39 is 0 Å². The molecule has 1 atom stereocenters. The lowest BCUT2D eigenvalue weighted by molar-refractivity contribution is 0.491. The van der Waals surface area contributed by atoms with Gasteiger partial charge in [-0.15, -0.1) is 0 Å². The van der Waals surface area contributed by atoms with Crippen LogP contribution in [-0.2, 0) is 12.1 Å². The topological polar surface area (TPSA) is 30.9 Å². The van der Waals surface area contributed by atoms with E-state index in [1.54, 1.807) is 0 Å². The van der Waals surface area contributed by atoms with Crippen molar-refractivity contribution in [3.63, 3.8) is 0 Å². The fourth-order valence-electron chi connectivity index (χ4n) is 3.01. The van der Waals surface area contributed by atoms with Gasteiger partial charge in [0.2, 0.25) is 0 Å². The molecule has 96 valence electrons. The summed E-state index contributed by atoms with van der Waals surface area (Å²) in [5.41, 5.74) is 10.8. The highest BCUT2D eigenvalue weighted by Crippen LogP contribution is 2.61. The summed E-state index contributed by atoms with van der Waals surface area (Å²) in [6.07, 6.45) is 1.10. The summed E-state index contributed by atoms with van der Waals surface area (Å²) < 4.78 is 2.42. The van der Waals surface area contributed by atoms with Gasteiger partial charge in [-0.25, -0.2) is 0 Å². The van der Waals surface area contributed by atoms with Crippen LogP contribution in [-0.4, -0.2) is 4.57 Å². The van der Waals surface area contributed by atoms with Crippen LogP contribution in [0.5, 0.6) is 0 Å². The fourth-order valence-corrected chi connectivity index (χ4v) is 3.01. The van der Waals surface area contributed by atoms with Crippen LogP contribution in [0.25, 0.3) is 0 Å². The Morgan fingerprint density at radius 1 is 1.35 bits per heavy atom. The molecule has 2 nitrogen and oxygen atoms in total. The molecule has 2 N–H and O–H groups in total. The highest BCUT2D eigenvalue weighted by atomic mass is 15.0. The Morgan fingerprint density at radius 2 is 1.88 bits per heavy atom. The summed E-state index contributed by atoms with van der Waals surface area (Å²) in [6, 6.07) is 2.30. The van der Waals surface area contributed by atoms with Crippen molar-refractivity contribution in [1.29, 1.82) is 0 Å². The molecule has 2 rings (SSSR count). The standard InChI is InChI=1S/C15H26N2/c1-10(2)8-17-11(3)7-13(12(17)4)15(16)9-14(15,5)6/h7,10H,8-9,16H2,1-6H3. The van der Waals surface area contributed by atoms with Crippen molar-refractivity contribution in [1.82, 2.24) is 4.57 Å². The first-order chi connectivity index (χ1) is 7.69. The second-order valence-electron chi connectivity index (χ2n) is 6.82. The van der Waals surface area contributed by atoms with E-state index in [2.05, 4.69) is 52.2 Å². The van der Waals surface area contributed by atoms with Gasteiger partial charge in [-0.1, -0.05) is 27.7 Å². The van der Waals surface area contributed by atoms with E-state index in [9.17, 15) is 0 Å². The SMILES string of the molecule is Cc1cc(C2(N)CC2(C)C)c(C)n1CC(C)C. The molecule has 0 radical (unpaired) electrons. The smallest absolute Gasteiger partial charge is 0.0486 e. The van der Waals surface area contributed by atoms with Crippen LogP contribution in [0.3, 0.4) is 0 Å². The fraction of sp³-hybridized carbons (Fsp3) is 0.733. The first kappa shape index (κ1) is 12.7. The molecule has 1 aromatic heterocycles. The van der Waals surface area contributed by atoms with Gasteiger partial charge in [0.05, 0.1) is 0 Å². The van der Waals surface area contributed by atoms with Gasteiger partial charge in [0.1, 0.15) is 0 Å². The van der Waals surface area contributed by atoms with Gasteiger partial charge in [0, 0.05) is 23.5 Å². The van der Waals surface area contributed by atoms with Crippen LogP contribution in [0.15, 0.2) is 6.07 Å². The van der Waals surface area contributed by atoms with Crippen LogP contribution in [0, 0.1) is 25.2 Å². The van der Waals surface area contributed by atoms with Crippen molar-refractivity contribution in [2.45, 2.75) is 60.0 Å². The molecule has 0 saturated heterocycles. The zero-order chi connectivity index (χ0) is 13.0. The second-order valence-corrected chi connectivity index (χ2v) is 6.82. The van der Waals surface area contributed by atoms with Gasteiger partial charge in [0.15, 0.2) is 0 Å². The molecule has 1 aliphatic rings. The van der Waals surface area contributed by atoms with E-state index in [4.69, 9.17) is 5.73 Å². The number of hydrogen-bond acceptors (Lipinski definition) is 1. The van der Waals surface area contributed by atoms with Crippen molar-refractivity contribution in [2.24, 2.45) is 17.1 Å². The molecule has 2 heteroatoms. The highest BCUT2D eigenvalue weighted by Gasteiger charge is 2.60. The summed E-state index contributed by atoms with van der Waals surface area (Å²) >= 11 is 0. The molecule has 0 amide bonds. The Kier molecular flexibility index (Phi) is 2.70. The third-order valence-corrected chi connectivity index (χ3v) is 4.41. The number of aryl methyl sites for hydroxylation is 1. The average molecular weight is 234 g/mol. The number of rotatable bonds is 3. The summed E-state index contributed by atoms with van der Waals surface area (Å²) in [4.78, 5) is 0. The van der Waals surface area contributed by atoms with Gasteiger partial charge >= 0.3 is 0 Å². The van der Waals surface area contributed by atoms with Crippen molar-refractivity contribution >= 4 is 0 Å². The molecule has 1 aromatic rings. The maximum Gasteiger partial charge on any atom is 0.0486 e. The molecule has 1 unspecified atom stereocenters. The quantitative estimate of drug-likeness (QED) is 0.854. The minimum atomic E-state index is -0.0932. The first-order valence-corrected chi connectivity index (χ1v) is 6.65. The largest absolute Gasteiger partial charge is 0.349 e. The number of aromatic nitrogens is 1. The number of nitrogens with zero attached hydrogens (tertiary/aromatic N) is 1. The second kappa shape index (κ2) is 3.61. The highest BCUT2D eigenvalue weighted by molar-refractivity contribution is 5.41. The summed E-state index contributed by atoms with van der Waals surface area (Å²) in [7, 11) is 0. The van der Waals surface area contributed by atoms with E-state index in [0.29, 0.717) is 5.92 Å². The molecule has 1 fully saturated rings. The van der Waals surface area contributed by atoms with Crippen LogP contribution < -0.4 is 5.73 Å². The van der Waals surface area contributed by atoms with Gasteiger partial charge < -0.3 is 10.3 Å². The maximum absolute atomic E-state index is 6.55. The Hall–Kier alpha value is -0.760. The predicted octanol–water partition coefficient (Wildman–Crippen LogP) is 3.34. The van der Waals surface area contributed by atoms with E-state index in [1.165, 1.54) is 17.0 Å². The molecule has 0 spiro atoms. The molecule has 0 aliphatic heterocycles. The zero-order valence-corrected chi connectivity index (χ0v) is 12.1. The molecule has 1 saturated carbocycles. The third kappa shape index (κ3) is 1.83. The van der Waals surface area contributed by atoms with Crippen molar-refractivity contribution in [2.75, 3.05) is 0 Å². The Labute approximate surface area is 105 Å². The molecule has 17 heavy (non-hydrogen) atoms. The number of nitrogens with two attached hydrogens (primary N) is 1. The monoisotopic (exact) mass is 234 g/mol. The minimum absolute atomic E-state index is 0.0932. The predicted molar refractivity (Wildman–Crippen MR) is 73.0 cm³/mol. The maximum atomic E-state index is 6.55. The van der Waals surface area contributed by atoms with Crippen LogP contribution >= 0.6 is 0 Å². The van der Waals surface area contributed by atoms with E-state index >= 15 is 0 Å². The molecule has 0 bridgehead atoms. The van der Waals surface area contributed by atoms with Gasteiger partial charge in [-0.2, -0.15) is 0 Å². The summed E-state index contributed by atoms with van der Waals surface area (Å²) in [5, 5.41) is 0. The molecule has 1 aliphatic carbocycles. The number of hydrogen-bond donors (Lipinski definition) is 1. The lowest BCUT2D eigenvalue weighted by atomic mass is 9.97. The zero-order valence-electron chi connectivity index (χ0n) is 12.1. The Morgan fingerprint density at radius 3 is 2.29 bits per heavy atom. The van der Waals surface area contributed by atoms with Gasteiger partial charge in [-0.3, -0.25) is 0 Å². The minimum Gasteiger partial charge on any atom is -0.349 e. The molecular formula is C15H26N2. The summed E-state index contributed by atoms with van der Waals surface area (Å²) in [6.45, 7) is 14.6. The summed E-state index contributed by atoms with van der Waals surface area (Å²) in [5.74, 6) is 0.675. The molecular weight excluding hydrogens is 208 g/mol. The molecule has 0 aromatic carbocycles. The van der Waals surface area contributed by atoms with Gasteiger partial charge in [-0.05, 0) is 43.2 Å². The Balaban J connectivity index is 2.39. The van der Waals surface area contributed by atoms with Crippen LogP contribution in [0.2, 0.25) is 0 Å². The lowest BCUT2D eigenvalue weighted by Gasteiger charge is -2.17. The first-order valence-electron chi connectivity index (χ1n) is 6.65. The average Bonchev–Trinajstić information content (AvgIpc) is 2.56. The van der Waals surface area contributed by atoms with Crippen molar-refractivity contribution in [3.8, 4) is 0 Å². The van der Waals surface area contributed by atoms with Gasteiger partial charge in [0.25, 0.3) is 0 Å². The molecule has 1 heterocycles. The van der Waals surface area contributed by atoms with Crippen LogP contribution in [0.1, 0.15) is 51.1 Å². The Bertz CT molecular complexity index is 440. The normalized spacial score (nSPS) is 26.6. The van der Waals surface area contributed by atoms with Crippen molar-refractivity contribution < 1.29 is 0 Å². The van der Waals surface area contributed by atoms with E-state index in [-0.39, 0.29) is 11.0 Å². The van der Waals surface area contributed by atoms with Crippen molar-refractivity contribution in [3.05, 3.63) is 23.0 Å². The lowest BCUT2D eigenvalue weighted by Crippen LogP contribution is -2.26. The van der Waals surface area contributed by atoms with Crippen LogP contribution in [0.4, 0.5) is 0 Å². The van der Waals surface area contributed by atoms with E-state index in [0.717, 1.165) is 13.0 Å². The van der Waals surface area contributed by atoms with E-state index in [1.807, 2.05) is 0 Å². The third-order valence-electron chi connectivity index (χ3n) is 4.41.